The largest absolute Gasteiger partial charge is 0.507 e. The summed E-state index contributed by atoms with van der Waals surface area (Å²) in [6, 6.07) is 6.22. The van der Waals surface area contributed by atoms with E-state index in [1.165, 1.54) is 19.1 Å². The number of ketones is 3. The molecule has 11 heteroatoms. The molecule has 1 amide bonds. The van der Waals surface area contributed by atoms with Gasteiger partial charge >= 0.3 is 12.1 Å². The number of halogens is 3. The van der Waals surface area contributed by atoms with Crippen molar-refractivity contribution in [3.05, 3.63) is 63.2 Å². The zero-order chi connectivity index (χ0) is 27.8. The van der Waals surface area contributed by atoms with Crippen molar-refractivity contribution in [2.24, 2.45) is 0 Å². The van der Waals surface area contributed by atoms with Crippen molar-refractivity contribution in [1.82, 2.24) is 5.32 Å². The minimum Gasteiger partial charge on any atom is -0.507 e. The fourth-order valence-electron chi connectivity index (χ4n) is 4.99. The summed E-state index contributed by atoms with van der Waals surface area (Å²) in [5.74, 6) is -3.96. The van der Waals surface area contributed by atoms with Crippen molar-refractivity contribution in [2.75, 3.05) is 13.2 Å². The average Bonchev–Trinajstić information content (AvgIpc) is 2.87. The Morgan fingerprint density at radius 1 is 1.05 bits per heavy atom. The van der Waals surface area contributed by atoms with E-state index in [4.69, 9.17) is 4.74 Å². The minimum atomic E-state index is -4.95. The quantitative estimate of drug-likeness (QED) is 0.380. The van der Waals surface area contributed by atoms with Gasteiger partial charge in [0.25, 0.3) is 0 Å². The van der Waals surface area contributed by atoms with Crippen LogP contribution in [0.2, 0.25) is 0 Å². The third kappa shape index (κ3) is 4.95. The number of hydrogen-bond donors (Lipinski definition) is 3. The molecule has 2 aliphatic rings. The number of alkyl halides is 3. The smallest absolute Gasteiger partial charge is 0.471 e. The summed E-state index contributed by atoms with van der Waals surface area (Å²) in [5.41, 5.74) is -0.502. The van der Waals surface area contributed by atoms with E-state index >= 15 is 0 Å². The number of rotatable bonds is 8. The van der Waals surface area contributed by atoms with E-state index in [-0.39, 0.29) is 73.3 Å². The number of aromatic hydroxyl groups is 1. The second-order valence-corrected chi connectivity index (χ2v) is 9.52. The van der Waals surface area contributed by atoms with Gasteiger partial charge in [-0.25, -0.2) is 0 Å². The molecule has 0 radical (unpaired) electrons. The SMILES string of the molecule is CC(=O)[C@@]1(O)CCc2c(c(O)c3c(c2COCCCCNC(=O)C(F)(F)F)C(=O)c2ccccc2C3=O)C1. The van der Waals surface area contributed by atoms with Gasteiger partial charge in [-0.2, -0.15) is 13.2 Å². The molecule has 0 spiro atoms. The van der Waals surface area contributed by atoms with Gasteiger partial charge in [-0.15, -0.1) is 0 Å². The summed E-state index contributed by atoms with van der Waals surface area (Å²) < 4.78 is 42.6. The molecule has 0 saturated carbocycles. The predicted octanol–water partition coefficient (Wildman–Crippen LogP) is 2.95. The van der Waals surface area contributed by atoms with Crippen LogP contribution in [0.25, 0.3) is 0 Å². The van der Waals surface area contributed by atoms with Crippen LogP contribution in [0.15, 0.2) is 24.3 Å². The van der Waals surface area contributed by atoms with Crippen molar-refractivity contribution < 1.29 is 47.3 Å². The highest BCUT2D eigenvalue weighted by molar-refractivity contribution is 6.30. The van der Waals surface area contributed by atoms with Crippen LogP contribution in [-0.2, 0) is 33.8 Å². The van der Waals surface area contributed by atoms with Crippen LogP contribution < -0.4 is 5.32 Å². The van der Waals surface area contributed by atoms with E-state index in [1.807, 2.05) is 0 Å². The van der Waals surface area contributed by atoms with Crippen LogP contribution in [0.1, 0.15) is 74.7 Å². The first-order valence-corrected chi connectivity index (χ1v) is 12.1. The van der Waals surface area contributed by atoms with E-state index in [0.29, 0.717) is 17.5 Å². The first-order valence-electron chi connectivity index (χ1n) is 12.1. The molecule has 0 aliphatic heterocycles. The zero-order valence-corrected chi connectivity index (χ0v) is 20.5. The summed E-state index contributed by atoms with van der Waals surface area (Å²) >= 11 is 0. The fraction of sp³-hybridized carbons (Fsp3) is 0.407. The molecule has 8 nitrogen and oxygen atoms in total. The number of phenolic OH excluding ortho intramolecular Hbond substituents is 1. The van der Waals surface area contributed by atoms with E-state index in [2.05, 4.69) is 0 Å². The van der Waals surface area contributed by atoms with Gasteiger partial charge in [-0.05, 0) is 43.7 Å². The van der Waals surface area contributed by atoms with Crippen LogP contribution in [-0.4, -0.2) is 58.4 Å². The highest BCUT2D eigenvalue weighted by atomic mass is 19.4. The van der Waals surface area contributed by atoms with Crippen molar-refractivity contribution in [2.45, 2.75) is 57.4 Å². The number of hydrogen-bond acceptors (Lipinski definition) is 7. The molecule has 0 aromatic heterocycles. The molecular formula is C27H26F3NO7. The number of ether oxygens (including phenoxy) is 1. The Hall–Kier alpha value is -3.57. The minimum absolute atomic E-state index is 0.00987. The standard InChI is InChI=1S/C27H26F3NO7/c1-14(32)26(37)9-8-15-18(12-26)24(35)21-20(22(33)16-6-2-3-7-17(16)23(21)34)19(15)13-38-11-5-4-10-31-25(36)27(28,29)30/h2-3,6-7,35,37H,4-5,8-13H2,1H3,(H,31,36)/t26-/m1/s1. The topological polar surface area (TPSA) is 130 Å². The lowest BCUT2D eigenvalue weighted by molar-refractivity contribution is -0.173. The zero-order valence-electron chi connectivity index (χ0n) is 20.5. The van der Waals surface area contributed by atoms with Gasteiger partial charge in [0.05, 0.1) is 12.2 Å². The van der Waals surface area contributed by atoms with E-state index in [0.717, 1.165) is 0 Å². The maximum Gasteiger partial charge on any atom is 0.471 e. The third-order valence-corrected chi connectivity index (χ3v) is 7.09. The van der Waals surface area contributed by atoms with Gasteiger partial charge in [0.2, 0.25) is 0 Å². The molecule has 0 saturated heterocycles. The number of benzene rings is 2. The molecule has 4 rings (SSSR count). The lowest BCUT2D eigenvalue weighted by Gasteiger charge is -2.35. The van der Waals surface area contributed by atoms with Crippen LogP contribution in [0.4, 0.5) is 13.2 Å². The van der Waals surface area contributed by atoms with Gasteiger partial charge in [0, 0.05) is 41.8 Å². The van der Waals surface area contributed by atoms with E-state index in [1.54, 1.807) is 17.4 Å². The number of phenols is 1. The Labute approximate surface area is 215 Å². The molecule has 0 heterocycles. The lowest BCUT2D eigenvalue weighted by Crippen LogP contribution is -2.43. The number of nitrogens with one attached hydrogen (secondary N) is 1. The molecule has 1 atom stereocenters. The lowest BCUT2D eigenvalue weighted by atomic mass is 9.71. The molecule has 0 bridgehead atoms. The number of amides is 1. The number of carbonyl (C=O) groups is 4. The normalized spacial score (nSPS) is 18.4. The monoisotopic (exact) mass is 533 g/mol. The Balaban J connectivity index is 1.61. The Morgan fingerprint density at radius 3 is 2.29 bits per heavy atom. The van der Waals surface area contributed by atoms with Crippen molar-refractivity contribution >= 4 is 23.3 Å². The summed E-state index contributed by atoms with van der Waals surface area (Å²) in [6.45, 7) is 0.994. The van der Waals surface area contributed by atoms with Gasteiger partial charge < -0.3 is 20.3 Å². The molecule has 2 aliphatic carbocycles. The number of fused-ring (bicyclic) bond motifs is 3. The van der Waals surface area contributed by atoms with Crippen molar-refractivity contribution in [3.8, 4) is 5.75 Å². The van der Waals surface area contributed by atoms with Gasteiger partial charge in [-0.1, -0.05) is 24.3 Å². The summed E-state index contributed by atoms with van der Waals surface area (Å²) in [6.07, 6.45) is -4.46. The first kappa shape index (κ1) is 27.5. The number of aliphatic hydroxyl groups is 1. The Kier molecular flexibility index (Phi) is 7.44. The van der Waals surface area contributed by atoms with Crippen LogP contribution in [0.3, 0.4) is 0 Å². The predicted molar refractivity (Wildman–Crippen MR) is 127 cm³/mol. The summed E-state index contributed by atoms with van der Waals surface area (Å²) in [4.78, 5) is 49.9. The molecule has 0 unspecified atom stereocenters. The van der Waals surface area contributed by atoms with Crippen LogP contribution in [0.5, 0.6) is 5.75 Å². The van der Waals surface area contributed by atoms with Crippen molar-refractivity contribution in [1.29, 1.82) is 0 Å². The maximum absolute atomic E-state index is 13.5. The molecule has 2 aromatic rings. The third-order valence-electron chi connectivity index (χ3n) is 7.09. The fourth-order valence-corrected chi connectivity index (χ4v) is 4.99. The second-order valence-electron chi connectivity index (χ2n) is 9.52. The first-order chi connectivity index (χ1) is 17.9. The second kappa shape index (κ2) is 10.3. The number of Topliss-reactive ketones (excluding diaryl/α,β-unsaturated/α-hetero) is 1. The summed E-state index contributed by atoms with van der Waals surface area (Å²) in [5, 5.41) is 23.8. The molecule has 202 valence electrons. The molecule has 3 N–H and O–H groups in total. The van der Waals surface area contributed by atoms with Crippen LogP contribution in [0, 0.1) is 0 Å². The molecular weight excluding hydrogens is 507 g/mol. The number of unbranched alkanes of at least 4 members (excludes halogenated alkanes) is 1. The van der Waals surface area contributed by atoms with Gasteiger partial charge in [0.15, 0.2) is 17.3 Å². The van der Waals surface area contributed by atoms with E-state index < -0.39 is 40.8 Å². The van der Waals surface area contributed by atoms with Crippen LogP contribution >= 0.6 is 0 Å². The molecule has 0 fully saturated rings. The van der Waals surface area contributed by atoms with Crippen molar-refractivity contribution in [3.63, 3.8) is 0 Å². The maximum atomic E-state index is 13.5. The highest BCUT2D eigenvalue weighted by Crippen LogP contribution is 2.44. The van der Waals surface area contributed by atoms with E-state index in [9.17, 15) is 42.6 Å². The Bertz CT molecular complexity index is 1330. The van der Waals surface area contributed by atoms with Gasteiger partial charge in [-0.3, -0.25) is 19.2 Å². The van der Waals surface area contributed by atoms with Gasteiger partial charge in [0.1, 0.15) is 11.4 Å². The highest BCUT2D eigenvalue weighted by Gasteiger charge is 2.43. The number of carbonyl (C=O) groups excluding carboxylic acids is 4. The summed E-state index contributed by atoms with van der Waals surface area (Å²) in [7, 11) is 0. The average molecular weight is 533 g/mol. The molecule has 38 heavy (non-hydrogen) atoms. The molecule has 2 aromatic carbocycles. The Morgan fingerprint density at radius 2 is 1.68 bits per heavy atom.